The summed E-state index contributed by atoms with van der Waals surface area (Å²) >= 11 is 0. The lowest BCUT2D eigenvalue weighted by Gasteiger charge is -2.06. The Morgan fingerprint density at radius 3 is 2.29 bits per heavy atom. The van der Waals surface area contributed by atoms with Crippen molar-refractivity contribution in [2.75, 3.05) is 10.5 Å². The Morgan fingerprint density at radius 2 is 1.57 bits per heavy atom. The van der Waals surface area contributed by atoms with Gasteiger partial charge in [0.2, 0.25) is 0 Å². The number of nitrogens with one attached hydrogen (secondary N) is 1. The van der Waals surface area contributed by atoms with Crippen molar-refractivity contribution >= 4 is 32.7 Å². The van der Waals surface area contributed by atoms with Gasteiger partial charge < -0.3 is 5.73 Å². The second-order valence-corrected chi connectivity index (χ2v) is 5.98. The van der Waals surface area contributed by atoms with Crippen molar-refractivity contribution < 1.29 is 8.42 Å². The smallest absolute Gasteiger partial charge is 0.264 e. The summed E-state index contributed by atoms with van der Waals surface area (Å²) in [6, 6.07) is 12.9. The van der Waals surface area contributed by atoms with E-state index in [0.717, 1.165) is 0 Å². The van der Waals surface area contributed by atoms with Crippen molar-refractivity contribution in [3.63, 3.8) is 0 Å². The zero-order valence-corrected chi connectivity index (χ0v) is 11.6. The molecule has 3 rings (SSSR count). The van der Waals surface area contributed by atoms with E-state index in [1.165, 1.54) is 24.3 Å². The molecule has 8 heteroatoms. The van der Waals surface area contributed by atoms with Crippen LogP contribution >= 0.6 is 0 Å². The van der Waals surface area contributed by atoms with Crippen LogP contribution in [-0.2, 0) is 10.0 Å². The van der Waals surface area contributed by atoms with Crippen LogP contribution in [0.2, 0.25) is 0 Å². The molecule has 0 aliphatic carbocycles. The zero-order chi connectivity index (χ0) is 14.9. The Hall–Kier alpha value is -2.74. The predicted molar refractivity (Wildman–Crippen MR) is 79.0 cm³/mol. The van der Waals surface area contributed by atoms with E-state index in [1.54, 1.807) is 24.3 Å². The molecule has 1 heterocycles. The first-order chi connectivity index (χ1) is 10.0. The van der Waals surface area contributed by atoms with Gasteiger partial charge in [-0.15, -0.1) is 10.2 Å². The minimum absolute atomic E-state index is 0.0773. The zero-order valence-electron chi connectivity index (χ0n) is 10.8. The second-order valence-electron chi connectivity index (χ2n) is 4.30. The maximum atomic E-state index is 12.2. The number of anilines is 2. The van der Waals surface area contributed by atoms with Crippen LogP contribution in [0.5, 0.6) is 0 Å². The molecule has 0 radical (unpaired) electrons. The highest BCUT2D eigenvalue weighted by Crippen LogP contribution is 2.16. The minimum atomic E-state index is -3.77. The maximum Gasteiger partial charge on any atom is 0.264 e. The predicted octanol–water partition coefficient (Wildman–Crippen LogP) is 1.41. The first kappa shape index (κ1) is 13.3. The van der Waals surface area contributed by atoms with Gasteiger partial charge in [-0.05, 0) is 36.4 Å². The van der Waals surface area contributed by atoms with Crippen LogP contribution in [0.25, 0.3) is 11.0 Å². The highest BCUT2D eigenvalue weighted by Gasteiger charge is 2.16. The van der Waals surface area contributed by atoms with Gasteiger partial charge in [0.15, 0.2) is 0 Å². The van der Waals surface area contributed by atoms with E-state index in [-0.39, 0.29) is 10.8 Å². The topological polar surface area (TPSA) is 111 Å². The van der Waals surface area contributed by atoms with E-state index in [4.69, 9.17) is 5.73 Å². The number of nitrogens with zero attached hydrogens (tertiary/aromatic N) is 3. The Balaban J connectivity index is 1.95. The summed E-state index contributed by atoms with van der Waals surface area (Å²) in [7, 11) is -3.77. The molecule has 0 fully saturated rings. The first-order valence-corrected chi connectivity index (χ1v) is 7.51. The number of rotatable bonds is 3. The number of nitrogens with two attached hydrogens (primary N) is 1. The van der Waals surface area contributed by atoms with Gasteiger partial charge in [-0.3, -0.25) is 0 Å². The lowest BCUT2D eigenvalue weighted by molar-refractivity contribution is 0.600. The van der Waals surface area contributed by atoms with E-state index >= 15 is 0 Å². The van der Waals surface area contributed by atoms with Crippen LogP contribution in [0.15, 0.2) is 53.4 Å². The van der Waals surface area contributed by atoms with Gasteiger partial charge in [-0.2, -0.15) is 0 Å². The van der Waals surface area contributed by atoms with Crippen LogP contribution in [0.4, 0.5) is 11.6 Å². The number of benzene rings is 2. The minimum Gasteiger partial charge on any atom is -0.399 e. The van der Waals surface area contributed by atoms with Crippen molar-refractivity contribution in [3.05, 3.63) is 48.5 Å². The molecule has 2 aromatic carbocycles. The molecule has 3 N–H and O–H groups in total. The quantitative estimate of drug-likeness (QED) is 0.707. The van der Waals surface area contributed by atoms with Gasteiger partial charge in [0.05, 0.1) is 10.4 Å². The van der Waals surface area contributed by atoms with Crippen molar-refractivity contribution in [3.8, 4) is 0 Å². The maximum absolute atomic E-state index is 12.2. The number of fused-ring (bicyclic) bond motifs is 1. The van der Waals surface area contributed by atoms with Gasteiger partial charge in [0.1, 0.15) is 5.52 Å². The third kappa shape index (κ3) is 2.75. The Labute approximate surface area is 120 Å². The highest BCUT2D eigenvalue weighted by atomic mass is 32.2. The number of para-hydroxylation sites is 1. The van der Waals surface area contributed by atoms with Gasteiger partial charge in [-0.25, -0.2) is 18.1 Å². The number of hydrogen-bond donors (Lipinski definition) is 2. The number of nitrogen functional groups attached to an aromatic ring is 1. The second kappa shape index (κ2) is 4.98. The third-order valence-electron chi connectivity index (χ3n) is 2.78. The van der Waals surface area contributed by atoms with E-state index < -0.39 is 10.0 Å². The van der Waals surface area contributed by atoms with Gasteiger partial charge >= 0.3 is 0 Å². The fourth-order valence-electron chi connectivity index (χ4n) is 1.75. The summed E-state index contributed by atoms with van der Waals surface area (Å²) in [6.07, 6.45) is 0. The SMILES string of the molecule is Nc1ccc(S(=O)(=O)Nc2nnc3ccccc3n2)cc1. The molecule has 21 heavy (non-hydrogen) atoms. The molecule has 0 aliphatic heterocycles. The van der Waals surface area contributed by atoms with Crippen LogP contribution < -0.4 is 10.5 Å². The monoisotopic (exact) mass is 301 g/mol. The fraction of sp³-hybridized carbons (Fsp3) is 0. The van der Waals surface area contributed by atoms with Crippen molar-refractivity contribution in [1.29, 1.82) is 0 Å². The summed E-state index contributed by atoms with van der Waals surface area (Å²) in [6.45, 7) is 0. The number of hydrogen-bond acceptors (Lipinski definition) is 6. The Kier molecular flexibility index (Phi) is 3.15. The van der Waals surface area contributed by atoms with Crippen LogP contribution in [-0.4, -0.2) is 23.6 Å². The molecule has 0 aliphatic rings. The normalized spacial score (nSPS) is 11.4. The summed E-state index contributed by atoms with van der Waals surface area (Å²) in [5.41, 5.74) is 7.17. The van der Waals surface area contributed by atoms with Gasteiger partial charge in [-0.1, -0.05) is 12.1 Å². The molecule has 0 saturated carbocycles. The molecular formula is C13H11N5O2S. The largest absolute Gasteiger partial charge is 0.399 e. The number of sulfonamides is 1. The molecule has 0 amide bonds. The fourth-order valence-corrected chi connectivity index (χ4v) is 2.69. The summed E-state index contributed by atoms with van der Waals surface area (Å²) < 4.78 is 26.7. The highest BCUT2D eigenvalue weighted by molar-refractivity contribution is 7.92. The van der Waals surface area contributed by atoms with E-state index in [2.05, 4.69) is 19.9 Å². The Bertz CT molecular complexity index is 894. The van der Waals surface area contributed by atoms with Crippen molar-refractivity contribution in [2.24, 2.45) is 0 Å². The summed E-state index contributed by atoms with van der Waals surface area (Å²) in [4.78, 5) is 4.19. The van der Waals surface area contributed by atoms with E-state index in [0.29, 0.717) is 16.7 Å². The third-order valence-corrected chi connectivity index (χ3v) is 4.12. The first-order valence-electron chi connectivity index (χ1n) is 6.02. The molecule has 0 bridgehead atoms. The molecular weight excluding hydrogens is 290 g/mol. The van der Waals surface area contributed by atoms with Crippen molar-refractivity contribution in [2.45, 2.75) is 4.90 Å². The van der Waals surface area contributed by atoms with E-state index in [9.17, 15) is 8.42 Å². The lowest BCUT2D eigenvalue weighted by Crippen LogP contribution is -2.15. The average molecular weight is 301 g/mol. The molecule has 0 saturated heterocycles. The molecule has 1 aromatic heterocycles. The van der Waals surface area contributed by atoms with Crippen LogP contribution in [0.1, 0.15) is 0 Å². The summed E-state index contributed by atoms with van der Waals surface area (Å²) in [5, 5.41) is 7.67. The average Bonchev–Trinajstić information content (AvgIpc) is 2.47. The molecule has 7 nitrogen and oxygen atoms in total. The number of aromatic nitrogens is 3. The standard InChI is InChI=1S/C13H11N5O2S/c14-9-5-7-10(8-6-9)21(19,20)18-13-15-11-3-1-2-4-12(11)16-17-13/h1-8H,14H2,(H,15,17,18). The van der Waals surface area contributed by atoms with Gasteiger partial charge in [0.25, 0.3) is 16.0 Å². The molecule has 106 valence electrons. The Morgan fingerprint density at radius 1 is 0.905 bits per heavy atom. The molecule has 3 aromatic rings. The lowest BCUT2D eigenvalue weighted by atomic mass is 10.3. The molecule has 0 unspecified atom stereocenters. The molecule has 0 spiro atoms. The summed E-state index contributed by atoms with van der Waals surface area (Å²) in [5.74, 6) is -0.0782. The molecule has 0 atom stereocenters. The van der Waals surface area contributed by atoms with Crippen LogP contribution in [0.3, 0.4) is 0 Å². The van der Waals surface area contributed by atoms with E-state index in [1.807, 2.05) is 0 Å². The van der Waals surface area contributed by atoms with Crippen LogP contribution in [0, 0.1) is 0 Å². The van der Waals surface area contributed by atoms with Crippen molar-refractivity contribution in [1.82, 2.24) is 15.2 Å². The van der Waals surface area contributed by atoms with Gasteiger partial charge in [0, 0.05) is 5.69 Å².